The Labute approximate surface area is 148 Å². The van der Waals surface area contributed by atoms with Gasteiger partial charge in [0.2, 0.25) is 5.91 Å². The quantitative estimate of drug-likeness (QED) is 0.899. The van der Waals surface area contributed by atoms with Crippen molar-refractivity contribution in [1.82, 2.24) is 14.4 Å². The average Bonchev–Trinajstić information content (AvgIpc) is 3.42. The van der Waals surface area contributed by atoms with E-state index in [1.807, 2.05) is 24.1 Å². The molecule has 1 aliphatic heterocycles. The highest BCUT2D eigenvalue weighted by molar-refractivity contribution is 5.89. The van der Waals surface area contributed by atoms with Crippen LogP contribution in [-0.4, -0.2) is 64.2 Å². The van der Waals surface area contributed by atoms with Crippen molar-refractivity contribution >= 4 is 16.8 Å². The van der Waals surface area contributed by atoms with Gasteiger partial charge in [0.1, 0.15) is 0 Å². The number of aryl methyl sites for hydroxylation is 1. The minimum atomic E-state index is -0.182. The van der Waals surface area contributed by atoms with E-state index in [0.29, 0.717) is 12.3 Å². The van der Waals surface area contributed by atoms with E-state index in [4.69, 9.17) is 0 Å². The molecule has 1 aliphatic carbocycles. The Morgan fingerprint density at radius 2 is 1.92 bits per heavy atom. The Morgan fingerprint density at radius 3 is 2.64 bits per heavy atom. The number of aliphatic hydroxyl groups is 1. The van der Waals surface area contributed by atoms with E-state index >= 15 is 0 Å². The topological polar surface area (TPSA) is 48.7 Å². The summed E-state index contributed by atoms with van der Waals surface area (Å²) in [6, 6.07) is 8.24. The SMILES string of the molecule is Cn1cc(CC(=O)N2CCN(CC(O)C3CC3)CC2)c2ccccc21. The number of rotatable bonds is 5. The Morgan fingerprint density at radius 1 is 1.20 bits per heavy atom. The van der Waals surface area contributed by atoms with Crippen LogP contribution in [0.1, 0.15) is 18.4 Å². The van der Waals surface area contributed by atoms with Crippen LogP contribution in [0.4, 0.5) is 0 Å². The maximum atomic E-state index is 12.7. The fraction of sp³-hybridized carbons (Fsp3) is 0.550. The Kier molecular flexibility index (Phi) is 4.52. The van der Waals surface area contributed by atoms with Gasteiger partial charge in [0.15, 0.2) is 0 Å². The third-order valence-electron chi connectivity index (χ3n) is 5.66. The summed E-state index contributed by atoms with van der Waals surface area (Å²) in [4.78, 5) is 17.0. The fourth-order valence-electron chi connectivity index (χ4n) is 3.92. The summed E-state index contributed by atoms with van der Waals surface area (Å²) < 4.78 is 2.09. The normalized spacial score (nSPS) is 20.2. The number of hydrogen-bond donors (Lipinski definition) is 1. The predicted octanol–water partition coefficient (Wildman–Crippen LogP) is 1.64. The predicted molar refractivity (Wildman–Crippen MR) is 98.4 cm³/mol. The zero-order chi connectivity index (χ0) is 17.4. The highest BCUT2D eigenvalue weighted by Gasteiger charge is 2.32. The van der Waals surface area contributed by atoms with Gasteiger partial charge in [-0.05, 0) is 30.4 Å². The number of para-hydroxylation sites is 1. The molecule has 5 heteroatoms. The van der Waals surface area contributed by atoms with Crippen LogP contribution in [0.5, 0.6) is 0 Å². The summed E-state index contributed by atoms with van der Waals surface area (Å²) >= 11 is 0. The number of carbonyl (C=O) groups is 1. The largest absolute Gasteiger partial charge is 0.392 e. The van der Waals surface area contributed by atoms with Crippen molar-refractivity contribution in [3.8, 4) is 0 Å². The molecule has 2 aromatic rings. The molecule has 2 aliphatic rings. The minimum absolute atomic E-state index is 0.182. The lowest BCUT2D eigenvalue weighted by Gasteiger charge is -2.35. The fourth-order valence-corrected chi connectivity index (χ4v) is 3.92. The van der Waals surface area contributed by atoms with Crippen LogP contribution in [0.25, 0.3) is 10.9 Å². The number of aliphatic hydroxyl groups excluding tert-OH is 1. The summed E-state index contributed by atoms with van der Waals surface area (Å²) in [6.45, 7) is 4.02. The van der Waals surface area contributed by atoms with Crippen LogP contribution in [0.3, 0.4) is 0 Å². The average molecular weight is 341 g/mol. The lowest BCUT2D eigenvalue weighted by Crippen LogP contribution is -2.51. The van der Waals surface area contributed by atoms with E-state index in [9.17, 15) is 9.90 Å². The molecule has 1 N–H and O–H groups in total. The van der Waals surface area contributed by atoms with Crippen molar-refractivity contribution < 1.29 is 9.90 Å². The van der Waals surface area contributed by atoms with Crippen LogP contribution in [0.15, 0.2) is 30.5 Å². The number of amides is 1. The van der Waals surface area contributed by atoms with Gasteiger partial charge in [-0.3, -0.25) is 9.69 Å². The monoisotopic (exact) mass is 341 g/mol. The van der Waals surface area contributed by atoms with E-state index < -0.39 is 0 Å². The number of fused-ring (bicyclic) bond motifs is 1. The van der Waals surface area contributed by atoms with Gasteiger partial charge < -0.3 is 14.6 Å². The van der Waals surface area contributed by atoms with Crippen molar-refractivity contribution in [3.63, 3.8) is 0 Å². The number of piperazine rings is 1. The van der Waals surface area contributed by atoms with Crippen molar-refractivity contribution in [2.24, 2.45) is 13.0 Å². The molecule has 4 rings (SSSR count). The van der Waals surface area contributed by atoms with Crippen LogP contribution in [0.2, 0.25) is 0 Å². The van der Waals surface area contributed by atoms with E-state index in [1.54, 1.807) is 0 Å². The highest BCUT2D eigenvalue weighted by Crippen LogP contribution is 2.33. The molecule has 2 heterocycles. The molecule has 1 saturated heterocycles. The van der Waals surface area contributed by atoms with Gasteiger partial charge in [-0.2, -0.15) is 0 Å². The molecular formula is C20H27N3O2. The number of nitrogens with zero attached hydrogens (tertiary/aromatic N) is 3. The lowest BCUT2D eigenvalue weighted by atomic mass is 10.1. The Bertz CT molecular complexity index is 757. The molecule has 134 valence electrons. The summed E-state index contributed by atoms with van der Waals surface area (Å²) in [7, 11) is 2.03. The number of aromatic nitrogens is 1. The molecule has 0 bridgehead atoms. The van der Waals surface area contributed by atoms with Crippen molar-refractivity contribution in [1.29, 1.82) is 0 Å². The third kappa shape index (κ3) is 3.58. The van der Waals surface area contributed by atoms with Gasteiger partial charge in [0, 0.05) is 56.9 Å². The van der Waals surface area contributed by atoms with Crippen LogP contribution < -0.4 is 0 Å². The summed E-state index contributed by atoms with van der Waals surface area (Å²) in [5.41, 5.74) is 2.28. The second-order valence-electron chi connectivity index (χ2n) is 7.55. The zero-order valence-electron chi connectivity index (χ0n) is 14.9. The van der Waals surface area contributed by atoms with Gasteiger partial charge in [0.25, 0.3) is 0 Å². The molecule has 0 spiro atoms. The first-order valence-electron chi connectivity index (χ1n) is 9.33. The van der Waals surface area contributed by atoms with Gasteiger partial charge in [-0.1, -0.05) is 18.2 Å². The van der Waals surface area contributed by atoms with E-state index in [-0.39, 0.29) is 12.0 Å². The number of β-amino-alcohol motifs (C(OH)–C–C–N with tert-alkyl or cyclic N) is 1. The molecule has 1 saturated carbocycles. The third-order valence-corrected chi connectivity index (χ3v) is 5.66. The maximum absolute atomic E-state index is 12.7. The number of benzene rings is 1. The van der Waals surface area contributed by atoms with Crippen molar-refractivity contribution in [2.75, 3.05) is 32.7 Å². The summed E-state index contributed by atoms with van der Waals surface area (Å²) in [5, 5.41) is 11.3. The van der Waals surface area contributed by atoms with Crippen LogP contribution in [0, 0.1) is 5.92 Å². The second kappa shape index (κ2) is 6.81. The van der Waals surface area contributed by atoms with Crippen molar-refractivity contribution in [3.05, 3.63) is 36.0 Å². The zero-order valence-corrected chi connectivity index (χ0v) is 14.9. The molecule has 25 heavy (non-hydrogen) atoms. The van der Waals surface area contributed by atoms with Crippen LogP contribution in [-0.2, 0) is 18.3 Å². The van der Waals surface area contributed by atoms with Gasteiger partial charge >= 0.3 is 0 Å². The Hall–Kier alpha value is -1.85. The van der Waals surface area contributed by atoms with Crippen molar-refractivity contribution in [2.45, 2.75) is 25.4 Å². The van der Waals surface area contributed by atoms with E-state index in [1.165, 1.54) is 23.7 Å². The van der Waals surface area contributed by atoms with E-state index in [0.717, 1.165) is 38.3 Å². The smallest absolute Gasteiger partial charge is 0.227 e. The minimum Gasteiger partial charge on any atom is -0.392 e. The van der Waals surface area contributed by atoms with E-state index in [2.05, 4.69) is 27.8 Å². The van der Waals surface area contributed by atoms with Gasteiger partial charge in [-0.15, -0.1) is 0 Å². The first kappa shape index (κ1) is 16.6. The molecule has 1 atom stereocenters. The molecule has 0 radical (unpaired) electrons. The lowest BCUT2D eigenvalue weighted by molar-refractivity contribution is -0.132. The summed E-state index contributed by atoms with van der Waals surface area (Å²) in [6.07, 6.45) is 4.70. The standard InChI is InChI=1S/C20H27N3O2/c1-21-13-16(17-4-2-3-5-18(17)21)12-20(25)23-10-8-22(9-11-23)14-19(24)15-6-7-15/h2-5,13,15,19,24H,6-12,14H2,1H3. The Balaban J connectivity index is 1.34. The molecule has 1 aromatic carbocycles. The summed E-state index contributed by atoms with van der Waals surface area (Å²) in [5.74, 6) is 0.727. The maximum Gasteiger partial charge on any atom is 0.227 e. The number of hydrogen-bond acceptors (Lipinski definition) is 3. The molecule has 1 amide bonds. The van der Waals surface area contributed by atoms with Gasteiger partial charge in [0.05, 0.1) is 12.5 Å². The first-order valence-corrected chi connectivity index (χ1v) is 9.33. The molecule has 1 aromatic heterocycles. The van der Waals surface area contributed by atoms with Gasteiger partial charge in [-0.25, -0.2) is 0 Å². The van der Waals surface area contributed by atoms with Crippen LogP contribution >= 0.6 is 0 Å². The molecule has 5 nitrogen and oxygen atoms in total. The highest BCUT2D eigenvalue weighted by atomic mass is 16.3. The molecular weight excluding hydrogens is 314 g/mol. The number of carbonyl (C=O) groups excluding carboxylic acids is 1. The molecule has 2 fully saturated rings. The molecule has 1 unspecified atom stereocenters. The second-order valence-corrected chi connectivity index (χ2v) is 7.55. The first-order chi connectivity index (χ1) is 12.1.